The highest BCUT2D eigenvalue weighted by Crippen LogP contribution is 2.27. The maximum atomic E-state index is 12.4. The van der Waals surface area contributed by atoms with Gasteiger partial charge in [-0.1, -0.05) is 44.2 Å². The average Bonchev–Trinajstić information content (AvgIpc) is 2.45. The van der Waals surface area contributed by atoms with Gasteiger partial charge in [0.15, 0.2) is 0 Å². The van der Waals surface area contributed by atoms with Gasteiger partial charge in [0, 0.05) is 19.7 Å². The summed E-state index contributed by atoms with van der Waals surface area (Å²) in [6.45, 7) is 6.37. The molecule has 4 heteroatoms. The number of urea groups is 1. The van der Waals surface area contributed by atoms with Gasteiger partial charge in [-0.3, -0.25) is 0 Å². The van der Waals surface area contributed by atoms with Crippen LogP contribution >= 0.6 is 0 Å². The zero-order valence-corrected chi connectivity index (χ0v) is 13.5. The molecule has 0 radical (unpaired) electrons. The summed E-state index contributed by atoms with van der Waals surface area (Å²) in [5.41, 5.74) is 1.15. The number of amides is 2. The summed E-state index contributed by atoms with van der Waals surface area (Å²) in [4.78, 5) is 14.2. The summed E-state index contributed by atoms with van der Waals surface area (Å²) in [6.07, 6.45) is 1.49. The van der Waals surface area contributed by atoms with E-state index in [2.05, 4.69) is 31.3 Å². The molecular weight excluding hydrogens is 264 g/mol. The van der Waals surface area contributed by atoms with Crippen LogP contribution in [0, 0.1) is 5.92 Å². The Balaban J connectivity index is 2.73. The Labute approximate surface area is 128 Å². The first-order chi connectivity index (χ1) is 9.97. The van der Waals surface area contributed by atoms with E-state index in [1.54, 1.807) is 4.90 Å². The van der Waals surface area contributed by atoms with Gasteiger partial charge in [-0.2, -0.15) is 0 Å². The zero-order valence-electron chi connectivity index (χ0n) is 13.5. The largest absolute Gasteiger partial charge is 0.396 e. The molecule has 21 heavy (non-hydrogen) atoms. The lowest BCUT2D eigenvalue weighted by atomic mass is 9.95. The van der Waals surface area contributed by atoms with Gasteiger partial charge in [-0.15, -0.1) is 0 Å². The highest BCUT2D eigenvalue weighted by Gasteiger charge is 2.25. The van der Waals surface area contributed by atoms with E-state index < -0.39 is 0 Å². The third kappa shape index (κ3) is 5.38. The summed E-state index contributed by atoms with van der Waals surface area (Å²) in [6, 6.07) is 10.2. The van der Waals surface area contributed by atoms with Crippen molar-refractivity contribution < 1.29 is 9.90 Å². The number of hydrogen-bond acceptors (Lipinski definition) is 2. The molecule has 2 N–H and O–H groups in total. The summed E-state index contributed by atoms with van der Waals surface area (Å²) >= 11 is 0. The molecule has 2 amide bonds. The molecule has 0 fully saturated rings. The van der Waals surface area contributed by atoms with Gasteiger partial charge in [0.2, 0.25) is 0 Å². The first-order valence-electron chi connectivity index (χ1n) is 7.66. The molecule has 4 nitrogen and oxygen atoms in total. The fourth-order valence-electron chi connectivity index (χ4n) is 2.61. The normalized spacial score (nSPS) is 13.8. The van der Waals surface area contributed by atoms with Crippen molar-refractivity contribution in [2.75, 3.05) is 13.7 Å². The van der Waals surface area contributed by atoms with E-state index in [1.807, 2.05) is 32.2 Å². The Kier molecular flexibility index (Phi) is 7.23. The third-order valence-electron chi connectivity index (χ3n) is 3.68. The number of benzene rings is 1. The standard InChI is InChI=1S/C17H28N2O2/c1-13(2)16(15-10-6-5-7-11-15)19(4)17(21)18-14(3)9-8-12-20/h5-7,10-11,13-14,16,20H,8-9,12H2,1-4H3,(H,18,21). The van der Waals surface area contributed by atoms with Crippen molar-refractivity contribution in [3.8, 4) is 0 Å². The molecule has 0 aromatic heterocycles. The second kappa shape index (κ2) is 8.67. The summed E-state index contributed by atoms with van der Waals surface area (Å²) in [7, 11) is 1.84. The van der Waals surface area contributed by atoms with Crippen molar-refractivity contribution >= 4 is 6.03 Å². The second-order valence-electron chi connectivity index (χ2n) is 5.93. The van der Waals surface area contributed by atoms with Gasteiger partial charge in [-0.05, 0) is 31.2 Å². The van der Waals surface area contributed by atoms with Crippen LogP contribution < -0.4 is 5.32 Å². The smallest absolute Gasteiger partial charge is 0.317 e. The van der Waals surface area contributed by atoms with E-state index in [0.29, 0.717) is 12.3 Å². The van der Waals surface area contributed by atoms with Crippen molar-refractivity contribution in [3.05, 3.63) is 35.9 Å². The lowest BCUT2D eigenvalue weighted by molar-refractivity contribution is 0.169. The van der Waals surface area contributed by atoms with Gasteiger partial charge in [0.1, 0.15) is 0 Å². The quantitative estimate of drug-likeness (QED) is 0.811. The van der Waals surface area contributed by atoms with Crippen molar-refractivity contribution in [2.45, 2.75) is 45.7 Å². The lowest BCUT2D eigenvalue weighted by Crippen LogP contribution is -2.44. The number of aliphatic hydroxyl groups excluding tert-OH is 1. The van der Waals surface area contributed by atoms with Crippen LogP contribution in [0.4, 0.5) is 4.79 Å². The third-order valence-corrected chi connectivity index (χ3v) is 3.68. The van der Waals surface area contributed by atoms with Crippen LogP contribution in [0.15, 0.2) is 30.3 Å². The minimum absolute atomic E-state index is 0.0521. The van der Waals surface area contributed by atoms with Crippen molar-refractivity contribution in [2.24, 2.45) is 5.92 Å². The highest BCUT2D eigenvalue weighted by atomic mass is 16.3. The number of nitrogens with zero attached hydrogens (tertiary/aromatic N) is 1. The number of carbonyl (C=O) groups is 1. The Hall–Kier alpha value is -1.55. The molecule has 0 heterocycles. The molecular formula is C17H28N2O2. The van der Waals surface area contributed by atoms with Crippen LogP contribution in [0.5, 0.6) is 0 Å². The Bertz CT molecular complexity index is 420. The summed E-state index contributed by atoms with van der Waals surface area (Å²) < 4.78 is 0. The van der Waals surface area contributed by atoms with Crippen molar-refractivity contribution in [1.29, 1.82) is 0 Å². The predicted octanol–water partition coefficient (Wildman–Crippen LogP) is 3.19. The van der Waals surface area contributed by atoms with Gasteiger partial charge >= 0.3 is 6.03 Å². The van der Waals surface area contributed by atoms with E-state index in [4.69, 9.17) is 5.11 Å². The average molecular weight is 292 g/mol. The van der Waals surface area contributed by atoms with Gasteiger partial charge in [0.05, 0.1) is 6.04 Å². The molecule has 118 valence electrons. The molecule has 0 aliphatic heterocycles. The maximum Gasteiger partial charge on any atom is 0.317 e. The maximum absolute atomic E-state index is 12.4. The van der Waals surface area contributed by atoms with E-state index in [1.165, 1.54) is 0 Å². The van der Waals surface area contributed by atoms with E-state index in [0.717, 1.165) is 12.0 Å². The molecule has 0 spiro atoms. The van der Waals surface area contributed by atoms with Crippen molar-refractivity contribution in [1.82, 2.24) is 10.2 Å². The SMILES string of the molecule is CC(CCCO)NC(=O)N(C)C(c1ccccc1)C(C)C. The van der Waals surface area contributed by atoms with Gasteiger partial charge in [0.25, 0.3) is 0 Å². The van der Waals surface area contributed by atoms with Crippen LogP contribution in [-0.2, 0) is 0 Å². The molecule has 0 bridgehead atoms. The number of nitrogens with one attached hydrogen (secondary N) is 1. The zero-order chi connectivity index (χ0) is 15.8. The summed E-state index contributed by atoms with van der Waals surface area (Å²) in [5, 5.41) is 11.8. The van der Waals surface area contributed by atoms with Crippen LogP contribution in [0.25, 0.3) is 0 Å². The number of rotatable bonds is 7. The molecule has 0 aliphatic carbocycles. The molecule has 2 atom stereocenters. The molecule has 1 aromatic rings. The molecule has 0 aliphatic rings. The monoisotopic (exact) mass is 292 g/mol. The Morgan fingerprint density at radius 1 is 1.24 bits per heavy atom. The minimum atomic E-state index is -0.0667. The fraction of sp³-hybridized carbons (Fsp3) is 0.588. The highest BCUT2D eigenvalue weighted by molar-refractivity contribution is 5.74. The molecule has 2 unspecified atom stereocenters. The molecule has 0 saturated heterocycles. The number of carbonyl (C=O) groups excluding carboxylic acids is 1. The Morgan fingerprint density at radius 2 is 1.86 bits per heavy atom. The van der Waals surface area contributed by atoms with Gasteiger partial charge in [-0.25, -0.2) is 4.79 Å². The van der Waals surface area contributed by atoms with E-state index >= 15 is 0 Å². The first-order valence-corrected chi connectivity index (χ1v) is 7.66. The molecule has 1 rings (SSSR count). The predicted molar refractivity (Wildman–Crippen MR) is 86.1 cm³/mol. The number of aliphatic hydroxyl groups is 1. The lowest BCUT2D eigenvalue weighted by Gasteiger charge is -2.32. The van der Waals surface area contributed by atoms with Crippen LogP contribution in [0.2, 0.25) is 0 Å². The Morgan fingerprint density at radius 3 is 2.38 bits per heavy atom. The first kappa shape index (κ1) is 17.5. The summed E-state index contributed by atoms with van der Waals surface area (Å²) in [5.74, 6) is 0.330. The van der Waals surface area contributed by atoms with Crippen LogP contribution in [0.3, 0.4) is 0 Å². The second-order valence-corrected chi connectivity index (χ2v) is 5.93. The van der Waals surface area contributed by atoms with Crippen LogP contribution in [0.1, 0.15) is 45.2 Å². The van der Waals surface area contributed by atoms with E-state index in [9.17, 15) is 4.79 Å². The van der Waals surface area contributed by atoms with Gasteiger partial charge < -0.3 is 15.3 Å². The van der Waals surface area contributed by atoms with Crippen LogP contribution in [-0.4, -0.2) is 35.7 Å². The minimum Gasteiger partial charge on any atom is -0.396 e. The fourth-order valence-corrected chi connectivity index (χ4v) is 2.61. The topological polar surface area (TPSA) is 52.6 Å². The van der Waals surface area contributed by atoms with Crippen molar-refractivity contribution in [3.63, 3.8) is 0 Å². The van der Waals surface area contributed by atoms with E-state index in [-0.39, 0.29) is 24.7 Å². The molecule has 1 aromatic carbocycles. The molecule has 0 saturated carbocycles. The number of hydrogen-bond donors (Lipinski definition) is 2.